The molecule has 0 atom stereocenters. The summed E-state index contributed by atoms with van der Waals surface area (Å²) in [5, 5.41) is 0. The van der Waals surface area contributed by atoms with Crippen molar-refractivity contribution < 1.29 is 9.53 Å². The Morgan fingerprint density at radius 3 is 2.68 bits per heavy atom. The maximum Gasteiger partial charge on any atom is 0.148 e. The molecule has 0 bridgehead atoms. The first-order valence-corrected chi connectivity index (χ1v) is 6.32. The predicted octanol–water partition coefficient (Wildman–Crippen LogP) is 2.90. The van der Waals surface area contributed by atoms with Gasteiger partial charge in [0.05, 0.1) is 12.8 Å². The molecule has 3 nitrogen and oxygen atoms in total. The van der Waals surface area contributed by atoms with E-state index in [0.717, 1.165) is 41.7 Å². The zero-order valence-electron chi connectivity index (χ0n) is 10.8. The Balaban J connectivity index is 2.19. The van der Waals surface area contributed by atoms with Crippen molar-refractivity contribution in [2.75, 3.05) is 7.11 Å². The molecule has 19 heavy (non-hydrogen) atoms. The van der Waals surface area contributed by atoms with E-state index < -0.39 is 0 Å². The number of fused-ring (bicyclic) bond motifs is 1. The minimum absolute atomic E-state index is 0.775. The molecule has 1 aliphatic carbocycles. The van der Waals surface area contributed by atoms with E-state index in [9.17, 15) is 4.79 Å². The minimum Gasteiger partial charge on any atom is -0.497 e. The molecular formula is C16H15NO2. The number of allylic oxidation sites excluding steroid dienone is 1. The summed E-state index contributed by atoms with van der Waals surface area (Å²) in [5.74, 6) is 0.861. The summed E-state index contributed by atoms with van der Waals surface area (Å²) in [7, 11) is 1.67. The molecular weight excluding hydrogens is 238 g/mol. The molecule has 1 aliphatic rings. The number of hydrogen-bond donors (Lipinski definition) is 0. The highest BCUT2D eigenvalue weighted by Crippen LogP contribution is 2.33. The number of nitrogens with zero attached hydrogens (tertiary/aromatic N) is 1. The zero-order valence-corrected chi connectivity index (χ0v) is 10.8. The topological polar surface area (TPSA) is 31.2 Å². The van der Waals surface area contributed by atoms with Crippen molar-refractivity contribution in [1.82, 2.24) is 4.57 Å². The first-order valence-electron chi connectivity index (χ1n) is 6.32. The normalized spacial score (nSPS) is 14.2. The molecule has 0 amide bonds. The summed E-state index contributed by atoms with van der Waals surface area (Å²) in [6, 6.07) is 9.96. The third-order valence-electron chi connectivity index (χ3n) is 3.54. The Morgan fingerprint density at radius 2 is 2.00 bits per heavy atom. The van der Waals surface area contributed by atoms with Crippen LogP contribution in [0.15, 0.2) is 48.3 Å². The molecule has 2 aromatic rings. The van der Waals surface area contributed by atoms with Crippen molar-refractivity contribution in [3.05, 3.63) is 59.4 Å². The lowest BCUT2D eigenvalue weighted by Gasteiger charge is -2.22. The number of aromatic nitrogens is 1. The molecule has 3 rings (SSSR count). The van der Waals surface area contributed by atoms with Gasteiger partial charge in [0.25, 0.3) is 0 Å². The summed E-state index contributed by atoms with van der Waals surface area (Å²) in [6.45, 7) is 0. The Labute approximate surface area is 112 Å². The number of benzene rings is 1. The summed E-state index contributed by atoms with van der Waals surface area (Å²) in [6.07, 6.45) is 6.57. The molecule has 0 unspecified atom stereocenters. The van der Waals surface area contributed by atoms with Crippen LogP contribution >= 0.6 is 0 Å². The first kappa shape index (κ1) is 11.8. The van der Waals surface area contributed by atoms with Crippen LogP contribution in [0.4, 0.5) is 0 Å². The van der Waals surface area contributed by atoms with Gasteiger partial charge in [0.15, 0.2) is 0 Å². The van der Waals surface area contributed by atoms with Crippen LogP contribution in [0.25, 0.3) is 5.70 Å². The van der Waals surface area contributed by atoms with E-state index in [1.54, 1.807) is 7.11 Å². The third kappa shape index (κ3) is 1.97. The molecule has 0 radical (unpaired) electrons. The van der Waals surface area contributed by atoms with Gasteiger partial charge in [0, 0.05) is 23.5 Å². The van der Waals surface area contributed by atoms with Gasteiger partial charge in [-0.1, -0.05) is 0 Å². The van der Waals surface area contributed by atoms with Gasteiger partial charge in [-0.3, -0.25) is 4.79 Å². The summed E-state index contributed by atoms with van der Waals surface area (Å²) in [4.78, 5) is 11.3. The van der Waals surface area contributed by atoms with Gasteiger partial charge in [-0.15, -0.1) is 0 Å². The highest BCUT2D eigenvalue weighted by molar-refractivity contribution is 5.90. The summed E-state index contributed by atoms with van der Waals surface area (Å²) < 4.78 is 7.28. The molecule has 0 saturated carbocycles. The summed E-state index contributed by atoms with van der Waals surface area (Å²) >= 11 is 0. The van der Waals surface area contributed by atoms with Gasteiger partial charge in [-0.25, -0.2) is 0 Å². The van der Waals surface area contributed by atoms with E-state index >= 15 is 0 Å². The largest absolute Gasteiger partial charge is 0.497 e. The van der Waals surface area contributed by atoms with Gasteiger partial charge >= 0.3 is 0 Å². The Bertz CT molecular complexity index is 639. The smallest absolute Gasteiger partial charge is 0.148 e. The van der Waals surface area contributed by atoms with Crippen LogP contribution in [0, 0.1) is 0 Å². The van der Waals surface area contributed by atoms with Crippen LogP contribution in [-0.4, -0.2) is 18.0 Å². The number of aryl methyl sites for hydroxylation is 1. The van der Waals surface area contributed by atoms with Crippen LogP contribution in [0.2, 0.25) is 0 Å². The third-order valence-corrected chi connectivity index (χ3v) is 3.54. The van der Waals surface area contributed by atoms with Gasteiger partial charge in [0.2, 0.25) is 0 Å². The molecule has 0 saturated heterocycles. The van der Waals surface area contributed by atoms with Crippen LogP contribution in [0.1, 0.15) is 17.5 Å². The lowest BCUT2D eigenvalue weighted by Crippen LogP contribution is -2.11. The SMILES string of the molecule is COc1ccc2c(c1)CCC(C=O)=C2n1cccc1. The first-order chi connectivity index (χ1) is 9.33. The maximum atomic E-state index is 11.3. The molecule has 0 spiro atoms. The van der Waals surface area contributed by atoms with Gasteiger partial charge in [-0.05, 0) is 48.7 Å². The van der Waals surface area contributed by atoms with E-state index in [4.69, 9.17) is 4.74 Å². The second-order valence-electron chi connectivity index (χ2n) is 4.61. The molecule has 1 aromatic carbocycles. The van der Waals surface area contributed by atoms with Gasteiger partial charge in [-0.2, -0.15) is 0 Å². The van der Waals surface area contributed by atoms with Crippen molar-refractivity contribution >= 4 is 12.0 Å². The number of aldehydes is 1. The molecule has 1 heterocycles. The lowest BCUT2D eigenvalue weighted by molar-refractivity contribution is -0.105. The van der Waals surface area contributed by atoms with E-state index in [2.05, 4.69) is 6.07 Å². The van der Waals surface area contributed by atoms with Crippen molar-refractivity contribution in [2.45, 2.75) is 12.8 Å². The average Bonchev–Trinajstić information content (AvgIpc) is 2.99. The fraction of sp³-hybridized carbons (Fsp3) is 0.188. The monoisotopic (exact) mass is 253 g/mol. The standard InChI is InChI=1S/C16H15NO2/c1-19-14-6-7-15-12(10-14)4-5-13(11-18)16(15)17-8-2-3-9-17/h2-3,6-11H,4-5H2,1H3. The number of hydrogen-bond acceptors (Lipinski definition) is 2. The number of carbonyl (C=O) groups excluding carboxylic acids is 1. The molecule has 3 heteroatoms. The predicted molar refractivity (Wildman–Crippen MR) is 74.1 cm³/mol. The Morgan fingerprint density at radius 1 is 1.21 bits per heavy atom. The minimum atomic E-state index is 0.775. The van der Waals surface area contributed by atoms with Crippen LogP contribution in [0.3, 0.4) is 0 Å². The van der Waals surface area contributed by atoms with Crippen molar-refractivity contribution in [3.63, 3.8) is 0 Å². The van der Waals surface area contributed by atoms with Crippen molar-refractivity contribution in [1.29, 1.82) is 0 Å². The molecule has 0 N–H and O–H groups in total. The average molecular weight is 253 g/mol. The Hall–Kier alpha value is -2.29. The highest BCUT2D eigenvalue weighted by atomic mass is 16.5. The molecule has 96 valence electrons. The fourth-order valence-electron chi connectivity index (χ4n) is 2.60. The second kappa shape index (κ2) is 4.76. The van der Waals surface area contributed by atoms with E-state index in [0.29, 0.717) is 0 Å². The molecule has 1 aromatic heterocycles. The van der Waals surface area contributed by atoms with E-state index in [1.807, 2.05) is 41.2 Å². The van der Waals surface area contributed by atoms with Crippen LogP contribution < -0.4 is 4.74 Å². The summed E-state index contributed by atoms with van der Waals surface area (Å²) in [5.41, 5.74) is 4.19. The van der Waals surface area contributed by atoms with Gasteiger partial charge in [0.1, 0.15) is 12.0 Å². The van der Waals surface area contributed by atoms with Crippen molar-refractivity contribution in [2.24, 2.45) is 0 Å². The highest BCUT2D eigenvalue weighted by Gasteiger charge is 2.20. The maximum absolute atomic E-state index is 11.3. The van der Waals surface area contributed by atoms with Gasteiger partial charge < -0.3 is 9.30 Å². The number of methoxy groups -OCH3 is 1. The number of rotatable bonds is 3. The zero-order chi connectivity index (χ0) is 13.2. The molecule has 0 fully saturated rings. The number of carbonyl (C=O) groups is 1. The van der Waals surface area contributed by atoms with Crippen LogP contribution in [-0.2, 0) is 11.2 Å². The quantitative estimate of drug-likeness (QED) is 0.788. The fourth-order valence-corrected chi connectivity index (χ4v) is 2.60. The number of ether oxygens (including phenoxy) is 1. The Kier molecular flexibility index (Phi) is 2.95. The van der Waals surface area contributed by atoms with E-state index in [1.165, 1.54) is 5.56 Å². The van der Waals surface area contributed by atoms with Crippen molar-refractivity contribution in [3.8, 4) is 5.75 Å². The second-order valence-corrected chi connectivity index (χ2v) is 4.61. The van der Waals surface area contributed by atoms with Crippen LogP contribution in [0.5, 0.6) is 5.75 Å². The molecule has 0 aliphatic heterocycles. The van der Waals surface area contributed by atoms with E-state index in [-0.39, 0.29) is 0 Å². The lowest BCUT2D eigenvalue weighted by atomic mass is 9.89.